The molecule has 16 heavy (non-hydrogen) atoms. The van der Waals surface area contributed by atoms with E-state index in [4.69, 9.17) is 13.6 Å². The Morgan fingerprint density at radius 3 is 2.81 bits per heavy atom. The molecule has 0 amide bonds. The van der Waals surface area contributed by atoms with Crippen molar-refractivity contribution in [2.45, 2.75) is 6.92 Å². The monoisotopic (exact) mass is 217 g/mol. The zero-order valence-electron chi connectivity index (χ0n) is 8.39. The van der Waals surface area contributed by atoms with Crippen LogP contribution in [0.5, 0.6) is 5.88 Å². The predicted octanol–water partition coefficient (Wildman–Crippen LogP) is 2.50. The van der Waals surface area contributed by atoms with Crippen molar-refractivity contribution in [3.63, 3.8) is 0 Å². The zero-order chi connectivity index (χ0) is 11.1. The first-order valence-corrected chi connectivity index (χ1v) is 4.68. The van der Waals surface area contributed by atoms with E-state index in [0.717, 1.165) is 5.39 Å². The number of carbonyl (C=O) groups excluding carboxylic acids is 1. The van der Waals surface area contributed by atoms with E-state index in [1.807, 2.05) is 0 Å². The molecule has 0 aliphatic rings. The lowest BCUT2D eigenvalue weighted by molar-refractivity contribution is -0.132. The quantitative estimate of drug-likeness (QED) is 0.586. The lowest BCUT2D eigenvalue weighted by Gasteiger charge is -2.00. The van der Waals surface area contributed by atoms with Crippen LogP contribution in [0, 0.1) is 0 Å². The van der Waals surface area contributed by atoms with Gasteiger partial charge in [-0.3, -0.25) is 4.79 Å². The van der Waals surface area contributed by atoms with Gasteiger partial charge in [0.15, 0.2) is 5.58 Å². The molecule has 0 atom stereocenters. The summed E-state index contributed by atoms with van der Waals surface area (Å²) < 4.78 is 15.5. The van der Waals surface area contributed by atoms with Crippen LogP contribution in [0.25, 0.3) is 22.1 Å². The molecule has 80 valence electrons. The van der Waals surface area contributed by atoms with Crippen LogP contribution in [0.3, 0.4) is 0 Å². The molecule has 0 radical (unpaired) electrons. The van der Waals surface area contributed by atoms with Gasteiger partial charge in [-0.1, -0.05) is 0 Å². The first-order valence-electron chi connectivity index (χ1n) is 4.68. The van der Waals surface area contributed by atoms with Crippen molar-refractivity contribution in [3.05, 3.63) is 24.7 Å². The standard InChI is InChI=1S/C11H7NO4/c1-6(13)16-11-8-2-4-14-9(8)7-3-5-15-10(7)12-11/h2-5H,1H3. The number of ether oxygens (including phenoxy) is 1. The Labute approximate surface area is 89.6 Å². The summed E-state index contributed by atoms with van der Waals surface area (Å²) in [5, 5.41) is 1.42. The van der Waals surface area contributed by atoms with E-state index < -0.39 is 5.97 Å². The number of pyridine rings is 1. The van der Waals surface area contributed by atoms with Crippen LogP contribution in [0.2, 0.25) is 0 Å². The van der Waals surface area contributed by atoms with Crippen molar-refractivity contribution in [1.29, 1.82) is 0 Å². The Bertz CT molecular complexity index is 679. The summed E-state index contributed by atoms with van der Waals surface area (Å²) >= 11 is 0. The second-order valence-electron chi connectivity index (χ2n) is 3.31. The topological polar surface area (TPSA) is 65.5 Å². The van der Waals surface area contributed by atoms with Crippen molar-refractivity contribution >= 4 is 28.0 Å². The van der Waals surface area contributed by atoms with Crippen molar-refractivity contribution in [1.82, 2.24) is 4.98 Å². The van der Waals surface area contributed by atoms with Gasteiger partial charge in [0.1, 0.15) is 0 Å². The summed E-state index contributed by atoms with van der Waals surface area (Å²) in [5.74, 6) is -0.223. The second kappa shape index (κ2) is 3.10. The molecule has 3 rings (SSSR count). The lowest BCUT2D eigenvalue weighted by Crippen LogP contribution is -2.03. The Balaban J connectivity index is 2.38. The third kappa shape index (κ3) is 1.18. The van der Waals surface area contributed by atoms with Crippen LogP contribution in [0.15, 0.2) is 33.5 Å². The van der Waals surface area contributed by atoms with Gasteiger partial charge in [-0.2, -0.15) is 4.98 Å². The average molecular weight is 217 g/mol. The van der Waals surface area contributed by atoms with Crippen LogP contribution in [0.1, 0.15) is 6.92 Å². The second-order valence-corrected chi connectivity index (χ2v) is 3.31. The molecule has 0 aromatic carbocycles. The molecule has 3 aromatic heterocycles. The van der Waals surface area contributed by atoms with Gasteiger partial charge >= 0.3 is 5.97 Å². The third-order valence-corrected chi connectivity index (χ3v) is 2.23. The maximum absolute atomic E-state index is 10.9. The highest BCUT2D eigenvalue weighted by molar-refractivity contribution is 6.03. The molecule has 0 unspecified atom stereocenters. The number of hydrogen-bond acceptors (Lipinski definition) is 5. The molecule has 0 aliphatic carbocycles. The molecule has 0 N–H and O–H groups in total. The number of furan rings is 2. The Kier molecular flexibility index (Phi) is 1.73. The number of nitrogens with zero attached hydrogens (tertiary/aromatic N) is 1. The van der Waals surface area contributed by atoms with E-state index in [-0.39, 0.29) is 5.88 Å². The molecule has 0 saturated carbocycles. The summed E-state index contributed by atoms with van der Waals surface area (Å²) in [7, 11) is 0. The molecule has 0 bridgehead atoms. The molecular formula is C11H7NO4. The van der Waals surface area contributed by atoms with E-state index in [1.165, 1.54) is 19.5 Å². The van der Waals surface area contributed by atoms with Crippen LogP contribution in [0.4, 0.5) is 0 Å². The van der Waals surface area contributed by atoms with Gasteiger partial charge in [-0.05, 0) is 12.1 Å². The normalized spacial score (nSPS) is 11.1. The van der Waals surface area contributed by atoms with Crippen molar-refractivity contribution in [2.75, 3.05) is 0 Å². The first kappa shape index (κ1) is 8.96. The molecule has 0 saturated heterocycles. The fraction of sp³-hybridized carbons (Fsp3) is 0.0909. The lowest BCUT2D eigenvalue weighted by atomic mass is 10.2. The van der Waals surface area contributed by atoms with E-state index in [9.17, 15) is 4.79 Å². The van der Waals surface area contributed by atoms with Gasteiger partial charge in [0.05, 0.1) is 23.3 Å². The third-order valence-electron chi connectivity index (χ3n) is 2.23. The summed E-state index contributed by atoms with van der Waals surface area (Å²) in [6.07, 6.45) is 3.03. The Hall–Kier alpha value is -2.30. The number of carbonyl (C=O) groups is 1. The van der Waals surface area contributed by atoms with Crippen molar-refractivity contribution in [3.8, 4) is 5.88 Å². The maximum Gasteiger partial charge on any atom is 0.309 e. The minimum atomic E-state index is -0.430. The van der Waals surface area contributed by atoms with Gasteiger partial charge in [0.25, 0.3) is 0 Å². The molecule has 0 spiro atoms. The first-order chi connectivity index (χ1) is 7.75. The molecule has 5 nitrogen and oxygen atoms in total. The highest BCUT2D eigenvalue weighted by Crippen LogP contribution is 2.31. The molecule has 3 heterocycles. The molecular weight excluding hydrogens is 210 g/mol. The average Bonchev–Trinajstić information content (AvgIpc) is 2.82. The van der Waals surface area contributed by atoms with E-state index >= 15 is 0 Å². The van der Waals surface area contributed by atoms with E-state index in [2.05, 4.69) is 4.98 Å². The molecule has 0 fully saturated rings. The predicted molar refractivity (Wildman–Crippen MR) is 55.1 cm³/mol. The number of rotatable bonds is 1. The van der Waals surface area contributed by atoms with Crippen LogP contribution in [-0.4, -0.2) is 11.0 Å². The Morgan fingerprint density at radius 1 is 1.25 bits per heavy atom. The fourth-order valence-electron chi connectivity index (χ4n) is 1.61. The molecule has 3 aromatic rings. The number of aromatic nitrogens is 1. The van der Waals surface area contributed by atoms with E-state index in [0.29, 0.717) is 16.7 Å². The number of fused-ring (bicyclic) bond motifs is 3. The highest BCUT2D eigenvalue weighted by Gasteiger charge is 2.15. The number of esters is 1. The van der Waals surface area contributed by atoms with Crippen LogP contribution < -0.4 is 4.74 Å². The number of hydrogen-bond donors (Lipinski definition) is 0. The smallest absolute Gasteiger partial charge is 0.309 e. The van der Waals surface area contributed by atoms with Crippen molar-refractivity contribution < 1.29 is 18.4 Å². The summed E-state index contributed by atoms with van der Waals surface area (Å²) in [6.45, 7) is 1.32. The van der Waals surface area contributed by atoms with Gasteiger partial charge in [0.2, 0.25) is 11.6 Å². The van der Waals surface area contributed by atoms with Gasteiger partial charge in [-0.15, -0.1) is 0 Å². The molecule has 5 heteroatoms. The van der Waals surface area contributed by atoms with Crippen LogP contribution in [-0.2, 0) is 4.79 Å². The minimum Gasteiger partial charge on any atom is -0.463 e. The maximum atomic E-state index is 10.9. The summed E-state index contributed by atoms with van der Waals surface area (Å²) in [6, 6.07) is 3.46. The fourth-order valence-corrected chi connectivity index (χ4v) is 1.61. The minimum absolute atomic E-state index is 0.207. The largest absolute Gasteiger partial charge is 0.463 e. The Morgan fingerprint density at radius 2 is 2.00 bits per heavy atom. The van der Waals surface area contributed by atoms with Gasteiger partial charge in [0, 0.05) is 6.92 Å². The SMILES string of the molecule is CC(=O)Oc1nc2occc2c2occc12. The molecule has 0 aliphatic heterocycles. The summed E-state index contributed by atoms with van der Waals surface area (Å²) in [4.78, 5) is 15.0. The van der Waals surface area contributed by atoms with Gasteiger partial charge in [-0.25, -0.2) is 0 Å². The summed E-state index contributed by atoms with van der Waals surface area (Å²) in [5.41, 5.74) is 0.994. The van der Waals surface area contributed by atoms with Gasteiger partial charge < -0.3 is 13.6 Å². The van der Waals surface area contributed by atoms with E-state index in [1.54, 1.807) is 12.1 Å². The van der Waals surface area contributed by atoms with Crippen molar-refractivity contribution in [2.24, 2.45) is 0 Å². The highest BCUT2D eigenvalue weighted by atomic mass is 16.5. The van der Waals surface area contributed by atoms with Crippen LogP contribution >= 0.6 is 0 Å². The zero-order valence-corrected chi connectivity index (χ0v) is 8.39.